The first kappa shape index (κ1) is 37.1. The lowest BCUT2D eigenvalue weighted by atomic mass is 10.1. The van der Waals surface area contributed by atoms with E-state index in [4.69, 9.17) is 18.9 Å². The molecule has 2 aliphatic heterocycles. The van der Waals surface area contributed by atoms with Crippen molar-refractivity contribution in [2.24, 2.45) is 0 Å². The maximum atomic E-state index is 12.7. The Labute approximate surface area is 285 Å². The Balaban J connectivity index is 1.43. The van der Waals surface area contributed by atoms with E-state index in [9.17, 15) is 19.2 Å². The number of esters is 4. The van der Waals surface area contributed by atoms with Crippen molar-refractivity contribution in [3.63, 3.8) is 0 Å². The van der Waals surface area contributed by atoms with Gasteiger partial charge in [-0.05, 0) is 48.6 Å². The van der Waals surface area contributed by atoms with Crippen molar-refractivity contribution < 1.29 is 38.1 Å². The molecule has 0 amide bonds. The van der Waals surface area contributed by atoms with Gasteiger partial charge in [-0.1, -0.05) is 13.2 Å². The third-order valence-electron chi connectivity index (χ3n) is 6.04. The zero-order valence-corrected chi connectivity index (χ0v) is 29.3. The summed E-state index contributed by atoms with van der Waals surface area (Å²) in [7, 11) is 0. The van der Waals surface area contributed by atoms with Gasteiger partial charge >= 0.3 is 23.9 Å². The first-order valence-electron chi connectivity index (χ1n) is 14.1. The van der Waals surface area contributed by atoms with E-state index in [1.165, 1.54) is 47.3 Å². The monoisotopic (exact) mass is 718 g/mol. The van der Waals surface area contributed by atoms with Gasteiger partial charge in [0.05, 0.1) is 20.3 Å². The molecule has 2 fully saturated rings. The number of ether oxygens (including phenoxy) is 4. The third-order valence-corrected chi connectivity index (χ3v) is 14.6. The zero-order chi connectivity index (χ0) is 31.6. The highest BCUT2D eigenvalue weighted by Gasteiger charge is 2.21. The van der Waals surface area contributed by atoms with E-state index in [0.717, 1.165) is 36.5 Å². The maximum absolute atomic E-state index is 12.7. The summed E-state index contributed by atoms with van der Waals surface area (Å²) in [4.78, 5) is 48.9. The Morgan fingerprint density at radius 3 is 1.41 bits per heavy atom. The molecule has 1 aromatic carbocycles. The summed E-state index contributed by atoms with van der Waals surface area (Å²) in [5.41, 5.74) is 0.483. The summed E-state index contributed by atoms with van der Waals surface area (Å²) in [5.74, 6) is 5.24. The lowest BCUT2D eigenvalue weighted by Gasteiger charge is -2.18. The van der Waals surface area contributed by atoms with Gasteiger partial charge in [0.2, 0.25) is 0 Å². The topological polar surface area (TPSA) is 105 Å². The van der Waals surface area contributed by atoms with Crippen LogP contribution in [0.15, 0.2) is 49.6 Å². The average molecular weight is 719 g/mol. The molecule has 2 atom stereocenters. The summed E-state index contributed by atoms with van der Waals surface area (Å²) in [6, 6.07) is 5.89. The molecule has 0 aliphatic carbocycles. The van der Waals surface area contributed by atoms with Crippen LogP contribution in [0.1, 0.15) is 33.6 Å². The zero-order valence-electron chi connectivity index (χ0n) is 24.4. The van der Waals surface area contributed by atoms with Crippen LogP contribution in [0.25, 0.3) is 0 Å². The standard InChI is InChI=1S/C30H38O8S6/c1-3-25(31)37-23(19-39-11-9-27-41-13-14-42-27)17-35-29(33)21-5-7-22(8-6-21)30(34)36-18-24(38-26(32)4-2)20-40-12-10-28-43-15-16-44-28/h3-8,23-24,27-28H,1-2,9-20H2. The molecule has 0 spiro atoms. The molecule has 2 unspecified atom stereocenters. The van der Waals surface area contributed by atoms with E-state index in [1.807, 2.05) is 47.0 Å². The Kier molecular flexibility index (Phi) is 18.1. The van der Waals surface area contributed by atoms with Gasteiger partial charge in [-0.2, -0.15) is 23.5 Å². The number of hydrogen-bond donors (Lipinski definition) is 0. The molecule has 1 aromatic rings. The predicted octanol–water partition coefficient (Wildman–Crippen LogP) is 6.05. The normalized spacial score (nSPS) is 16.5. The summed E-state index contributed by atoms with van der Waals surface area (Å²) >= 11 is 11.2. The summed E-state index contributed by atoms with van der Waals surface area (Å²) in [6.45, 7) is 6.68. The molecule has 3 rings (SSSR count). The Morgan fingerprint density at radius 2 is 1.07 bits per heavy atom. The van der Waals surface area contributed by atoms with Gasteiger partial charge in [0.1, 0.15) is 25.4 Å². The SMILES string of the molecule is C=CC(=O)OC(COC(=O)c1ccc(C(=O)OCC(CSCCC2SCCS2)OC(=O)C=C)cc1)CSCCC1SCCS1. The van der Waals surface area contributed by atoms with Gasteiger partial charge in [0.15, 0.2) is 0 Å². The van der Waals surface area contributed by atoms with E-state index in [2.05, 4.69) is 13.2 Å². The van der Waals surface area contributed by atoms with Crippen LogP contribution in [0.5, 0.6) is 0 Å². The predicted molar refractivity (Wildman–Crippen MR) is 188 cm³/mol. The van der Waals surface area contributed by atoms with Crippen molar-refractivity contribution >= 4 is 94.4 Å². The largest absolute Gasteiger partial charge is 0.458 e. The van der Waals surface area contributed by atoms with Crippen LogP contribution in [0.2, 0.25) is 0 Å². The van der Waals surface area contributed by atoms with Crippen molar-refractivity contribution in [2.45, 2.75) is 34.2 Å². The molecule has 2 saturated heterocycles. The molecule has 242 valence electrons. The van der Waals surface area contributed by atoms with Crippen molar-refractivity contribution in [1.82, 2.24) is 0 Å². The lowest BCUT2D eigenvalue weighted by Crippen LogP contribution is -2.27. The summed E-state index contributed by atoms with van der Waals surface area (Å²) in [5, 5.41) is 0. The molecule has 0 N–H and O–H groups in total. The van der Waals surface area contributed by atoms with Crippen LogP contribution in [-0.2, 0) is 28.5 Å². The van der Waals surface area contributed by atoms with Gasteiger partial charge < -0.3 is 18.9 Å². The quantitative estimate of drug-likeness (QED) is 0.0676. The molecule has 0 aromatic heterocycles. The Bertz CT molecular complexity index is 1000. The molecule has 0 saturated carbocycles. The van der Waals surface area contributed by atoms with E-state index in [1.54, 1.807) is 23.5 Å². The molecular formula is C30H38O8S6. The Hall–Kier alpha value is -1.32. The fourth-order valence-electron chi connectivity index (χ4n) is 3.84. The third kappa shape index (κ3) is 14.4. The number of thioether (sulfide) groups is 6. The van der Waals surface area contributed by atoms with Gasteiger partial charge in [0, 0.05) is 46.7 Å². The maximum Gasteiger partial charge on any atom is 0.338 e. The van der Waals surface area contributed by atoms with Crippen molar-refractivity contribution in [2.75, 3.05) is 59.2 Å². The van der Waals surface area contributed by atoms with E-state index < -0.39 is 36.1 Å². The van der Waals surface area contributed by atoms with Crippen LogP contribution in [0, 0.1) is 0 Å². The molecule has 14 heteroatoms. The van der Waals surface area contributed by atoms with E-state index in [-0.39, 0.29) is 24.3 Å². The minimum Gasteiger partial charge on any atom is -0.458 e. The second kappa shape index (κ2) is 21.5. The molecule has 2 aliphatic rings. The van der Waals surface area contributed by atoms with Crippen LogP contribution < -0.4 is 0 Å². The molecular weight excluding hydrogens is 681 g/mol. The summed E-state index contributed by atoms with van der Waals surface area (Å²) in [6.07, 6.45) is 3.10. The van der Waals surface area contributed by atoms with E-state index >= 15 is 0 Å². The van der Waals surface area contributed by atoms with Crippen molar-refractivity contribution in [3.05, 3.63) is 60.7 Å². The van der Waals surface area contributed by atoms with Gasteiger partial charge in [-0.25, -0.2) is 19.2 Å². The number of rotatable bonds is 20. The molecule has 0 radical (unpaired) electrons. The molecule has 2 heterocycles. The highest BCUT2D eigenvalue weighted by atomic mass is 32.2. The number of hydrogen-bond acceptors (Lipinski definition) is 14. The highest BCUT2D eigenvalue weighted by molar-refractivity contribution is 8.20. The van der Waals surface area contributed by atoms with Crippen LogP contribution in [0.3, 0.4) is 0 Å². The number of carbonyl (C=O) groups is 4. The molecule has 8 nitrogen and oxygen atoms in total. The lowest BCUT2D eigenvalue weighted by molar-refractivity contribution is -0.144. The van der Waals surface area contributed by atoms with Gasteiger partial charge in [-0.3, -0.25) is 0 Å². The van der Waals surface area contributed by atoms with Crippen molar-refractivity contribution in [1.29, 1.82) is 0 Å². The second-order valence-electron chi connectivity index (χ2n) is 9.37. The smallest absolute Gasteiger partial charge is 0.338 e. The van der Waals surface area contributed by atoms with Crippen molar-refractivity contribution in [3.8, 4) is 0 Å². The van der Waals surface area contributed by atoms with E-state index in [0.29, 0.717) is 20.7 Å². The number of carbonyl (C=O) groups excluding carboxylic acids is 4. The first-order valence-corrected chi connectivity index (χ1v) is 20.6. The fraction of sp³-hybridized carbons (Fsp3) is 0.533. The summed E-state index contributed by atoms with van der Waals surface area (Å²) < 4.78 is 22.8. The van der Waals surface area contributed by atoms with Crippen LogP contribution in [-0.4, -0.2) is 104 Å². The second-order valence-corrected chi connectivity index (χ2v) is 17.5. The molecule has 0 bridgehead atoms. The Morgan fingerprint density at radius 1 is 0.705 bits per heavy atom. The highest BCUT2D eigenvalue weighted by Crippen LogP contribution is 2.35. The van der Waals surface area contributed by atoms with Crippen LogP contribution >= 0.6 is 70.6 Å². The minimum atomic E-state index is -0.602. The average Bonchev–Trinajstić information content (AvgIpc) is 3.77. The van der Waals surface area contributed by atoms with Gasteiger partial charge in [0.25, 0.3) is 0 Å². The first-order chi connectivity index (χ1) is 21.4. The van der Waals surface area contributed by atoms with Crippen LogP contribution in [0.4, 0.5) is 0 Å². The minimum absolute atomic E-state index is 0.0940. The van der Waals surface area contributed by atoms with Gasteiger partial charge in [-0.15, -0.1) is 47.0 Å². The molecule has 44 heavy (non-hydrogen) atoms. The fourth-order valence-corrected chi connectivity index (χ4v) is 12.1. The number of benzene rings is 1.